The van der Waals surface area contributed by atoms with Crippen LogP contribution in [0.3, 0.4) is 0 Å². The van der Waals surface area contributed by atoms with Crippen LogP contribution in [0, 0.1) is 0 Å². The first-order chi connectivity index (χ1) is 8.61. The molecule has 9 heteroatoms. The van der Waals surface area contributed by atoms with E-state index >= 15 is 0 Å². The molecule has 1 aliphatic heterocycles. The molecule has 7 nitrogen and oxygen atoms in total. The van der Waals surface area contributed by atoms with Crippen molar-refractivity contribution < 1.29 is 14.3 Å². The number of halogens is 2. The molecule has 0 aliphatic carbocycles. The summed E-state index contributed by atoms with van der Waals surface area (Å²) in [5.74, 6) is -0.279. The summed E-state index contributed by atoms with van der Waals surface area (Å²) in [6, 6.07) is -0.596. The summed E-state index contributed by atoms with van der Waals surface area (Å²) in [5.41, 5.74) is 0. The molecule has 0 aromatic carbocycles. The van der Waals surface area contributed by atoms with Crippen molar-refractivity contribution in [2.45, 2.75) is 13.0 Å². The van der Waals surface area contributed by atoms with Crippen molar-refractivity contribution in [2.24, 2.45) is 0 Å². The maximum absolute atomic E-state index is 11.6. The Bertz CT molecular complexity index is 289. The molecule has 0 aromatic heterocycles. The Labute approximate surface area is 132 Å². The van der Waals surface area contributed by atoms with E-state index in [4.69, 9.17) is 4.74 Å². The van der Waals surface area contributed by atoms with Crippen LogP contribution in [0.15, 0.2) is 0 Å². The Balaban J connectivity index is 0. The third kappa shape index (κ3) is 9.33. The van der Waals surface area contributed by atoms with E-state index in [1.807, 2.05) is 11.8 Å². The first-order valence-electron chi connectivity index (χ1n) is 6.14. The number of hydrogen-bond donors (Lipinski definition) is 3. The van der Waals surface area contributed by atoms with Crippen molar-refractivity contribution in [2.75, 3.05) is 46.4 Å². The van der Waals surface area contributed by atoms with Crippen LogP contribution in [0.5, 0.6) is 0 Å². The number of nitrogens with zero attached hydrogens (tertiary/aromatic N) is 1. The van der Waals surface area contributed by atoms with Gasteiger partial charge in [-0.1, -0.05) is 0 Å². The van der Waals surface area contributed by atoms with Gasteiger partial charge in [0.1, 0.15) is 0 Å². The summed E-state index contributed by atoms with van der Waals surface area (Å²) in [6.45, 7) is 5.90. The lowest BCUT2D eigenvalue weighted by Gasteiger charge is -2.26. The Hall–Kier alpha value is -0.600. The zero-order chi connectivity index (χ0) is 13.4. The van der Waals surface area contributed by atoms with Gasteiger partial charge in [-0.15, -0.1) is 24.8 Å². The molecule has 120 valence electrons. The van der Waals surface area contributed by atoms with E-state index in [0.717, 1.165) is 26.2 Å². The van der Waals surface area contributed by atoms with Crippen LogP contribution < -0.4 is 16.0 Å². The Morgan fingerprint density at radius 1 is 1.30 bits per heavy atom. The second-order valence-electron chi connectivity index (χ2n) is 4.40. The van der Waals surface area contributed by atoms with Crippen LogP contribution in [-0.2, 0) is 9.53 Å². The van der Waals surface area contributed by atoms with Gasteiger partial charge >= 0.3 is 6.03 Å². The number of imide groups is 1. The minimum absolute atomic E-state index is 0. The van der Waals surface area contributed by atoms with Crippen LogP contribution >= 0.6 is 24.8 Å². The molecule has 1 fully saturated rings. The third-order valence-electron chi connectivity index (χ3n) is 2.62. The molecule has 0 bridgehead atoms. The molecule has 0 saturated carbocycles. The number of methoxy groups -OCH3 is 1. The zero-order valence-corrected chi connectivity index (χ0v) is 13.4. The van der Waals surface area contributed by atoms with E-state index in [1.165, 1.54) is 0 Å². The maximum Gasteiger partial charge on any atom is 0.321 e. The predicted octanol–water partition coefficient (Wildman–Crippen LogP) is -0.404. The maximum atomic E-state index is 11.6. The number of ether oxygens (including phenoxy) is 1. The molecule has 3 amide bonds. The largest absolute Gasteiger partial charge is 0.383 e. The van der Waals surface area contributed by atoms with Crippen molar-refractivity contribution in [3.8, 4) is 0 Å². The second-order valence-corrected chi connectivity index (χ2v) is 4.40. The van der Waals surface area contributed by atoms with E-state index in [0.29, 0.717) is 6.61 Å². The van der Waals surface area contributed by atoms with Crippen molar-refractivity contribution in [1.82, 2.24) is 20.9 Å². The average Bonchev–Trinajstić information content (AvgIpc) is 2.29. The highest BCUT2D eigenvalue weighted by molar-refractivity contribution is 5.95. The minimum atomic E-state index is -0.473. The fraction of sp³-hybridized carbons (Fsp3) is 0.818. The molecule has 1 saturated heterocycles. The second kappa shape index (κ2) is 12.2. The number of urea groups is 1. The van der Waals surface area contributed by atoms with Gasteiger partial charge in [-0.25, -0.2) is 4.79 Å². The summed E-state index contributed by atoms with van der Waals surface area (Å²) in [4.78, 5) is 25.1. The van der Waals surface area contributed by atoms with Gasteiger partial charge in [0, 0.05) is 33.3 Å². The summed E-state index contributed by atoms with van der Waals surface area (Å²) >= 11 is 0. The summed E-state index contributed by atoms with van der Waals surface area (Å²) in [5, 5.41) is 8.13. The molecule has 0 radical (unpaired) electrons. The van der Waals surface area contributed by atoms with Gasteiger partial charge < -0.3 is 15.4 Å². The Morgan fingerprint density at radius 2 is 1.90 bits per heavy atom. The van der Waals surface area contributed by atoms with Crippen LogP contribution in [-0.4, -0.2) is 69.3 Å². The lowest BCUT2D eigenvalue weighted by Crippen LogP contribution is -2.51. The smallest absolute Gasteiger partial charge is 0.321 e. The lowest BCUT2D eigenvalue weighted by atomic mass is 10.3. The van der Waals surface area contributed by atoms with Crippen molar-refractivity contribution in [1.29, 1.82) is 0 Å². The zero-order valence-electron chi connectivity index (χ0n) is 11.8. The molecule has 1 rings (SSSR count). The molecule has 0 spiro atoms. The van der Waals surface area contributed by atoms with Gasteiger partial charge in [-0.3, -0.25) is 15.0 Å². The van der Waals surface area contributed by atoms with Crippen LogP contribution in [0.2, 0.25) is 0 Å². The summed E-state index contributed by atoms with van der Waals surface area (Å²) in [6.07, 6.45) is 0. The topological polar surface area (TPSA) is 82.7 Å². The Kier molecular flexibility index (Phi) is 13.2. The Morgan fingerprint density at radius 3 is 2.45 bits per heavy atom. The number of nitrogens with one attached hydrogen (secondary N) is 3. The van der Waals surface area contributed by atoms with E-state index in [2.05, 4.69) is 16.0 Å². The molecule has 1 unspecified atom stereocenters. The van der Waals surface area contributed by atoms with Gasteiger partial charge in [0.15, 0.2) is 0 Å². The number of rotatable bonds is 5. The molecule has 20 heavy (non-hydrogen) atoms. The van der Waals surface area contributed by atoms with E-state index < -0.39 is 6.03 Å². The van der Waals surface area contributed by atoms with Crippen LogP contribution in [0.25, 0.3) is 0 Å². The molecule has 1 heterocycles. The number of hydrogen-bond acceptors (Lipinski definition) is 5. The number of piperazine rings is 1. The van der Waals surface area contributed by atoms with Gasteiger partial charge in [-0.05, 0) is 6.92 Å². The van der Waals surface area contributed by atoms with Gasteiger partial charge in [0.25, 0.3) is 0 Å². The monoisotopic (exact) mass is 330 g/mol. The third-order valence-corrected chi connectivity index (χ3v) is 2.62. The molecule has 3 N–H and O–H groups in total. The summed E-state index contributed by atoms with van der Waals surface area (Å²) in [7, 11) is 1.56. The molecule has 0 aromatic rings. The predicted molar refractivity (Wildman–Crippen MR) is 81.8 cm³/mol. The van der Waals surface area contributed by atoms with E-state index in [-0.39, 0.29) is 43.3 Å². The van der Waals surface area contributed by atoms with Gasteiger partial charge in [0.2, 0.25) is 5.91 Å². The first kappa shape index (κ1) is 21.7. The van der Waals surface area contributed by atoms with Gasteiger partial charge in [-0.2, -0.15) is 0 Å². The SMILES string of the molecule is COCC(C)NC(=O)NC(=O)CN1CCNCC1.Cl.Cl. The van der Waals surface area contributed by atoms with E-state index in [1.54, 1.807) is 7.11 Å². The number of carbonyl (C=O) groups is 2. The minimum Gasteiger partial charge on any atom is -0.383 e. The van der Waals surface area contributed by atoms with Crippen LogP contribution in [0.1, 0.15) is 6.92 Å². The average molecular weight is 331 g/mol. The highest BCUT2D eigenvalue weighted by Gasteiger charge is 2.15. The fourth-order valence-electron chi connectivity index (χ4n) is 1.79. The van der Waals surface area contributed by atoms with Crippen molar-refractivity contribution in [3.63, 3.8) is 0 Å². The quantitative estimate of drug-likeness (QED) is 0.638. The first-order valence-corrected chi connectivity index (χ1v) is 6.14. The normalized spacial score (nSPS) is 16.3. The van der Waals surface area contributed by atoms with Gasteiger partial charge in [0.05, 0.1) is 19.2 Å². The fourth-order valence-corrected chi connectivity index (χ4v) is 1.79. The standard InChI is InChI=1S/C11H22N4O3.2ClH/c1-9(8-18-2)13-11(17)14-10(16)7-15-5-3-12-4-6-15;;/h9,12H,3-8H2,1-2H3,(H2,13,14,16,17);2*1H. The van der Waals surface area contributed by atoms with Crippen molar-refractivity contribution >= 4 is 36.8 Å². The van der Waals surface area contributed by atoms with Crippen molar-refractivity contribution in [3.05, 3.63) is 0 Å². The highest BCUT2D eigenvalue weighted by atomic mass is 35.5. The highest BCUT2D eigenvalue weighted by Crippen LogP contribution is 1.91. The number of amides is 3. The number of carbonyl (C=O) groups excluding carboxylic acids is 2. The molecule has 1 aliphatic rings. The van der Waals surface area contributed by atoms with Crippen LogP contribution in [0.4, 0.5) is 4.79 Å². The molecule has 1 atom stereocenters. The summed E-state index contributed by atoms with van der Waals surface area (Å²) < 4.78 is 4.89. The molecular weight excluding hydrogens is 307 g/mol. The van der Waals surface area contributed by atoms with E-state index in [9.17, 15) is 9.59 Å². The molecular formula is C11H24Cl2N4O3. The lowest BCUT2D eigenvalue weighted by molar-refractivity contribution is -0.121.